The van der Waals surface area contributed by atoms with Crippen LogP contribution in [0.5, 0.6) is 0 Å². The molecule has 1 fully saturated rings. The van der Waals surface area contributed by atoms with Crippen molar-refractivity contribution in [3.8, 4) is 12.3 Å². The van der Waals surface area contributed by atoms with E-state index in [1.165, 1.54) is 12.0 Å². The number of nitrogens with zero attached hydrogens (tertiary/aromatic N) is 1. The van der Waals surface area contributed by atoms with E-state index in [1.807, 2.05) is 0 Å². The topological polar surface area (TPSA) is 89.7 Å². The van der Waals surface area contributed by atoms with E-state index in [1.54, 1.807) is 0 Å². The van der Waals surface area contributed by atoms with E-state index in [4.69, 9.17) is 16.9 Å². The van der Waals surface area contributed by atoms with Crippen molar-refractivity contribution in [2.75, 3.05) is 31.8 Å². The van der Waals surface area contributed by atoms with Gasteiger partial charge in [0.15, 0.2) is 9.84 Å². The molecular formula is C11H18N2O4S. The molecular weight excluding hydrogens is 256 g/mol. The maximum absolute atomic E-state index is 12.1. The van der Waals surface area contributed by atoms with Gasteiger partial charge in [0.2, 0.25) is 5.91 Å². The fourth-order valence-corrected chi connectivity index (χ4v) is 3.70. The minimum atomic E-state index is -3.06. The summed E-state index contributed by atoms with van der Waals surface area (Å²) in [6.45, 7) is 0.149. The quantitative estimate of drug-likeness (QED) is 0.623. The van der Waals surface area contributed by atoms with Gasteiger partial charge in [-0.25, -0.2) is 8.42 Å². The third-order valence-corrected chi connectivity index (χ3v) is 4.61. The number of terminal acetylenes is 1. The SMILES string of the molecule is C#CCN(C(=O)C(N)COC)C1CCS(=O)(=O)C1. The van der Waals surface area contributed by atoms with Gasteiger partial charge < -0.3 is 15.4 Å². The lowest BCUT2D eigenvalue weighted by atomic mass is 10.2. The fourth-order valence-electron chi connectivity index (χ4n) is 1.97. The van der Waals surface area contributed by atoms with Crippen LogP contribution in [0, 0.1) is 12.3 Å². The highest BCUT2D eigenvalue weighted by atomic mass is 32.2. The van der Waals surface area contributed by atoms with Crippen LogP contribution in [0.2, 0.25) is 0 Å². The molecule has 0 radical (unpaired) electrons. The summed E-state index contributed by atoms with van der Waals surface area (Å²) in [6.07, 6.45) is 5.62. The second-order valence-corrected chi connectivity index (χ2v) is 6.52. The average Bonchev–Trinajstić information content (AvgIpc) is 2.66. The Morgan fingerprint density at radius 1 is 1.67 bits per heavy atom. The molecule has 0 aromatic heterocycles. The number of hydrogen-bond acceptors (Lipinski definition) is 5. The number of amides is 1. The van der Waals surface area contributed by atoms with Gasteiger partial charge in [0.1, 0.15) is 6.04 Å². The van der Waals surface area contributed by atoms with Crippen molar-refractivity contribution >= 4 is 15.7 Å². The Kier molecular flexibility index (Phi) is 5.14. The Hall–Kier alpha value is -1.10. The monoisotopic (exact) mass is 274 g/mol. The highest BCUT2D eigenvalue weighted by Crippen LogP contribution is 2.18. The molecule has 0 aromatic carbocycles. The summed E-state index contributed by atoms with van der Waals surface area (Å²) < 4.78 is 27.7. The molecule has 0 saturated carbocycles. The maximum Gasteiger partial charge on any atom is 0.242 e. The van der Waals surface area contributed by atoms with E-state index in [-0.39, 0.29) is 36.6 Å². The molecule has 0 bridgehead atoms. The number of ether oxygens (including phenoxy) is 1. The second-order valence-electron chi connectivity index (χ2n) is 4.29. The van der Waals surface area contributed by atoms with Crippen LogP contribution in [-0.2, 0) is 19.4 Å². The van der Waals surface area contributed by atoms with E-state index >= 15 is 0 Å². The van der Waals surface area contributed by atoms with Gasteiger partial charge in [0.05, 0.1) is 24.7 Å². The average molecular weight is 274 g/mol. The van der Waals surface area contributed by atoms with E-state index in [0.29, 0.717) is 6.42 Å². The predicted molar refractivity (Wildman–Crippen MR) is 67.5 cm³/mol. The molecule has 0 aliphatic carbocycles. The minimum Gasteiger partial charge on any atom is -0.383 e. The molecule has 0 aromatic rings. The first kappa shape index (κ1) is 15.0. The van der Waals surface area contributed by atoms with Crippen molar-refractivity contribution < 1.29 is 17.9 Å². The largest absolute Gasteiger partial charge is 0.383 e. The number of hydrogen-bond donors (Lipinski definition) is 1. The molecule has 1 aliphatic heterocycles. The van der Waals surface area contributed by atoms with Gasteiger partial charge in [-0.1, -0.05) is 5.92 Å². The first-order valence-electron chi connectivity index (χ1n) is 5.60. The number of rotatable bonds is 5. The van der Waals surface area contributed by atoms with Crippen LogP contribution in [0.3, 0.4) is 0 Å². The number of carbonyl (C=O) groups excluding carboxylic acids is 1. The third-order valence-electron chi connectivity index (χ3n) is 2.86. The first-order chi connectivity index (χ1) is 8.41. The van der Waals surface area contributed by atoms with Gasteiger partial charge >= 0.3 is 0 Å². The van der Waals surface area contributed by atoms with E-state index in [0.717, 1.165) is 0 Å². The molecule has 1 rings (SSSR count). The van der Waals surface area contributed by atoms with Crippen molar-refractivity contribution in [2.24, 2.45) is 5.73 Å². The van der Waals surface area contributed by atoms with Crippen LogP contribution < -0.4 is 5.73 Å². The highest BCUT2D eigenvalue weighted by Gasteiger charge is 2.35. The molecule has 7 heteroatoms. The predicted octanol–water partition coefficient (Wildman–Crippen LogP) is -1.39. The molecule has 18 heavy (non-hydrogen) atoms. The summed E-state index contributed by atoms with van der Waals surface area (Å²) in [7, 11) is -1.62. The van der Waals surface area contributed by atoms with Gasteiger partial charge in [-0.3, -0.25) is 4.79 Å². The molecule has 1 aliphatic rings. The zero-order chi connectivity index (χ0) is 13.8. The van der Waals surface area contributed by atoms with E-state index in [9.17, 15) is 13.2 Å². The standard InChI is InChI=1S/C11H18N2O4S/c1-3-5-13(11(14)10(12)7-17-2)9-4-6-18(15,16)8-9/h1,9-10H,4-8,12H2,2H3. The van der Waals surface area contributed by atoms with Crippen LogP contribution in [0.25, 0.3) is 0 Å². The minimum absolute atomic E-state index is 0.0415. The number of nitrogens with two attached hydrogens (primary N) is 1. The number of methoxy groups -OCH3 is 1. The summed E-state index contributed by atoms with van der Waals surface area (Å²) in [4.78, 5) is 13.4. The van der Waals surface area contributed by atoms with Crippen LogP contribution in [-0.4, -0.2) is 63.1 Å². The normalized spacial score (nSPS) is 23.3. The summed E-state index contributed by atoms with van der Waals surface area (Å²) in [5.41, 5.74) is 5.66. The first-order valence-corrected chi connectivity index (χ1v) is 7.42. The van der Waals surface area contributed by atoms with E-state index < -0.39 is 15.9 Å². The molecule has 102 valence electrons. The van der Waals surface area contributed by atoms with E-state index in [2.05, 4.69) is 5.92 Å². The summed E-state index contributed by atoms with van der Waals surface area (Å²) in [5, 5.41) is 0. The van der Waals surface area contributed by atoms with Crippen molar-refractivity contribution in [1.29, 1.82) is 0 Å². The summed E-state index contributed by atoms with van der Waals surface area (Å²) in [5.74, 6) is 2.05. The van der Waals surface area contributed by atoms with Crippen molar-refractivity contribution in [3.63, 3.8) is 0 Å². The van der Waals surface area contributed by atoms with Gasteiger partial charge in [-0.2, -0.15) is 0 Å². The Morgan fingerprint density at radius 3 is 2.78 bits per heavy atom. The smallest absolute Gasteiger partial charge is 0.242 e. The molecule has 6 nitrogen and oxygen atoms in total. The lowest BCUT2D eigenvalue weighted by Gasteiger charge is -2.28. The number of carbonyl (C=O) groups is 1. The van der Waals surface area contributed by atoms with Crippen molar-refractivity contribution in [1.82, 2.24) is 4.90 Å². The third kappa shape index (κ3) is 3.70. The number of sulfone groups is 1. The highest BCUT2D eigenvalue weighted by molar-refractivity contribution is 7.91. The van der Waals surface area contributed by atoms with Crippen molar-refractivity contribution in [2.45, 2.75) is 18.5 Å². The molecule has 1 amide bonds. The molecule has 0 spiro atoms. The van der Waals surface area contributed by atoms with Gasteiger partial charge in [0.25, 0.3) is 0 Å². The molecule has 1 saturated heterocycles. The molecule has 1 heterocycles. The Morgan fingerprint density at radius 2 is 2.33 bits per heavy atom. The summed E-state index contributed by atoms with van der Waals surface area (Å²) in [6, 6.07) is -1.19. The lowest BCUT2D eigenvalue weighted by Crippen LogP contribution is -2.50. The maximum atomic E-state index is 12.1. The Labute approximate surface area is 107 Å². The van der Waals surface area contributed by atoms with Gasteiger partial charge in [0, 0.05) is 13.2 Å². The van der Waals surface area contributed by atoms with Crippen LogP contribution in [0.15, 0.2) is 0 Å². The molecule has 2 unspecified atom stereocenters. The zero-order valence-electron chi connectivity index (χ0n) is 10.3. The Balaban J connectivity index is 2.77. The Bertz CT molecular complexity index is 440. The summed E-state index contributed by atoms with van der Waals surface area (Å²) >= 11 is 0. The van der Waals surface area contributed by atoms with Gasteiger partial charge in [-0.05, 0) is 6.42 Å². The van der Waals surface area contributed by atoms with Crippen LogP contribution in [0.4, 0.5) is 0 Å². The zero-order valence-corrected chi connectivity index (χ0v) is 11.1. The van der Waals surface area contributed by atoms with Crippen LogP contribution >= 0.6 is 0 Å². The van der Waals surface area contributed by atoms with Gasteiger partial charge in [-0.15, -0.1) is 6.42 Å². The second kappa shape index (κ2) is 6.18. The molecule has 2 atom stereocenters. The lowest BCUT2D eigenvalue weighted by molar-refractivity contribution is -0.134. The van der Waals surface area contributed by atoms with Crippen molar-refractivity contribution in [3.05, 3.63) is 0 Å². The molecule has 2 N–H and O–H groups in total. The van der Waals surface area contributed by atoms with Crippen LogP contribution in [0.1, 0.15) is 6.42 Å². The fraction of sp³-hybridized carbons (Fsp3) is 0.727.